The van der Waals surface area contributed by atoms with E-state index in [9.17, 15) is 24.3 Å². The maximum atomic E-state index is 14.3. The van der Waals surface area contributed by atoms with Crippen LogP contribution in [0.25, 0.3) is 0 Å². The molecule has 4 fully saturated rings. The molecule has 0 radical (unpaired) electrons. The van der Waals surface area contributed by atoms with Crippen LogP contribution in [-0.4, -0.2) is 76.8 Å². The standard InChI is InChI=1S/C47H71N3O6/c1-30(2)39-33(51)26-47(22-25-50(29-37(52)49(10)11)28-31-16-23-48-24-17-31)21-20-45(8)32(40(39)47)12-13-35-44(7)18-15-36(56-38(53)27-42(3,4)41(54)55)43(5,6)34(44)14-19-46(35,45)9/h16-17,23-24,30,32,34-36H,12-15,18-22,25-29H2,1-11H3,(H,54,55)/t32-,34?,35?,36+,44+,45-,46-,47-/m1/s1. The Kier molecular flexibility index (Phi) is 11.4. The predicted octanol–water partition coefficient (Wildman–Crippen LogP) is 8.76. The lowest BCUT2D eigenvalue weighted by atomic mass is 9.33. The zero-order chi connectivity index (χ0) is 41.2. The number of ether oxygens (including phenoxy) is 1. The van der Waals surface area contributed by atoms with Gasteiger partial charge < -0.3 is 14.7 Å². The van der Waals surface area contributed by atoms with E-state index in [0.717, 1.165) is 75.5 Å². The molecule has 1 aromatic heterocycles. The highest BCUT2D eigenvalue weighted by Crippen LogP contribution is 2.77. The molecule has 4 saturated carbocycles. The SMILES string of the molecule is CC(C)C1=C2[C@H]3CCC4[C@@]5(C)CC[C@H](OC(=O)CC(C)(C)C(=O)O)C(C)(C)C5CC[C@@]4(C)[C@]3(C)CC[C@@]2(CCN(CC(=O)N(C)C)Cc2ccncc2)CC1=O. The first-order valence-electron chi connectivity index (χ1n) is 21.5. The van der Waals surface area contributed by atoms with Crippen molar-refractivity contribution < 1.29 is 29.0 Å². The van der Waals surface area contributed by atoms with Crippen molar-refractivity contribution in [3.05, 3.63) is 41.2 Å². The molecule has 310 valence electrons. The zero-order valence-corrected chi connectivity index (χ0v) is 36.4. The molecular formula is C47H71N3O6. The van der Waals surface area contributed by atoms with Crippen molar-refractivity contribution in [2.75, 3.05) is 27.2 Å². The van der Waals surface area contributed by atoms with E-state index in [4.69, 9.17) is 4.74 Å². The molecule has 0 spiro atoms. The third-order valence-corrected chi connectivity index (χ3v) is 16.9. The number of hydrogen-bond donors (Lipinski definition) is 1. The van der Waals surface area contributed by atoms with Gasteiger partial charge in [-0.15, -0.1) is 0 Å². The molecule has 56 heavy (non-hydrogen) atoms. The smallest absolute Gasteiger partial charge is 0.309 e. The van der Waals surface area contributed by atoms with Crippen molar-refractivity contribution in [1.82, 2.24) is 14.8 Å². The van der Waals surface area contributed by atoms with Crippen LogP contribution in [0.15, 0.2) is 35.7 Å². The average Bonchev–Trinajstić information content (AvgIpc) is 3.41. The second-order valence-electron chi connectivity index (χ2n) is 21.3. The summed E-state index contributed by atoms with van der Waals surface area (Å²) >= 11 is 0. The second kappa shape index (κ2) is 14.9. The number of carbonyl (C=O) groups excluding carboxylic acids is 3. The number of ketones is 1. The number of fused-ring (bicyclic) bond motifs is 7. The molecule has 9 nitrogen and oxygen atoms in total. The van der Waals surface area contributed by atoms with E-state index in [1.54, 1.807) is 18.7 Å². The van der Waals surface area contributed by atoms with Crippen molar-refractivity contribution in [2.45, 2.75) is 146 Å². The van der Waals surface area contributed by atoms with Crippen LogP contribution in [0.5, 0.6) is 0 Å². The predicted molar refractivity (Wildman–Crippen MR) is 218 cm³/mol. The molecule has 6 rings (SSSR count). The lowest BCUT2D eigenvalue weighted by Crippen LogP contribution is -2.65. The normalized spacial score (nSPS) is 35.1. The van der Waals surface area contributed by atoms with Gasteiger partial charge in [0.15, 0.2) is 5.78 Å². The Bertz CT molecular complexity index is 1730. The van der Waals surface area contributed by atoms with Gasteiger partial charge in [0.1, 0.15) is 6.10 Å². The van der Waals surface area contributed by atoms with Gasteiger partial charge in [0.25, 0.3) is 0 Å². The number of amides is 1. The molecule has 0 bridgehead atoms. The fraction of sp³-hybridized carbons (Fsp3) is 0.766. The van der Waals surface area contributed by atoms with Gasteiger partial charge >= 0.3 is 11.9 Å². The molecular weight excluding hydrogens is 703 g/mol. The zero-order valence-electron chi connectivity index (χ0n) is 36.4. The number of carbonyl (C=O) groups is 4. The number of carboxylic acids is 1. The minimum atomic E-state index is -1.16. The van der Waals surface area contributed by atoms with E-state index in [2.05, 4.69) is 58.4 Å². The van der Waals surface area contributed by atoms with Crippen LogP contribution < -0.4 is 0 Å². The highest BCUT2D eigenvalue weighted by atomic mass is 16.5. The molecule has 0 aliphatic heterocycles. The Morgan fingerprint density at radius 1 is 0.929 bits per heavy atom. The molecule has 1 heterocycles. The summed E-state index contributed by atoms with van der Waals surface area (Å²) in [7, 11) is 3.63. The van der Waals surface area contributed by atoms with E-state index < -0.39 is 17.4 Å². The largest absolute Gasteiger partial charge is 0.481 e. The quantitative estimate of drug-likeness (QED) is 0.210. The first-order valence-corrected chi connectivity index (χ1v) is 21.5. The molecule has 1 aromatic rings. The Morgan fingerprint density at radius 2 is 1.61 bits per heavy atom. The number of pyridine rings is 1. The van der Waals surface area contributed by atoms with Gasteiger partial charge in [0.2, 0.25) is 5.91 Å². The van der Waals surface area contributed by atoms with Crippen LogP contribution in [-0.2, 0) is 30.5 Å². The second-order valence-corrected chi connectivity index (χ2v) is 21.3. The third kappa shape index (κ3) is 7.08. The Morgan fingerprint density at radius 3 is 2.23 bits per heavy atom. The highest BCUT2D eigenvalue weighted by molar-refractivity contribution is 6.00. The summed E-state index contributed by atoms with van der Waals surface area (Å²) in [6, 6.07) is 4.05. The number of rotatable bonds is 12. The third-order valence-electron chi connectivity index (χ3n) is 16.9. The van der Waals surface area contributed by atoms with Crippen LogP contribution in [0.2, 0.25) is 0 Å². The first-order chi connectivity index (χ1) is 26.0. The highest BCUT2D eigenvalue weighted by Gasteiger charge is 2.70. The topological polar surface area (TPSA) is 117 Å². The maximum absolute atomic E-state index is 14.3. The summed E-state index contributed by atoms with van der Waals surface area (Å²) in [6.07, 6.45) is 13.0. The van der Waals surface area contributed by atoms with Gasteiger partial charge in [0, 0.05) is 50.3 Å². The number of nitrogens with zero attached hydrogens (tertiary/aromatic N) is 3. The van der Waals surface area contributed by atoms with Crippen LogP contribution >= 0.6 is 0 Å². The molecule has 1 amide bonds. The Balaban J connectivity index is 1.27. The lowest BCUT2D eigenvalue weighted by Gasteiger charge is -2.72. The van der Waals surface area contributed by atoms with Gasteiger partial charge in [-0.1, -0.05) is 54.0 Å². The van der Waals surface area contributed by atoms with Crippen molar-refractivity contribution in [3.63, 3.8) is 0 Å². The monoisotopic (exact) mass is 774 g/mol. The lowest BCUT2D eigenvalue weighted by molar-refractivity contribution is -0.233. The number of allylic oxidation sites excluding steroid dienone is 2. The van der Waals surface area contributed by atoms with Crippen LogP contribution in [0.3, 0.4) is 0 Å². The molecule has 8 atom stereocenters. The average molecular weight is 774 g/mol. The minimum Gasteiger partial charge on any atom is -0.481 e. The van der Waals surface area contributed by atoms with Gasteiger partial charge in [-0.2, -0.15) is 0 Å². The molecule has 0 aromatic carbocycles. The van der Waals surface area contributed by atoms with Crippen molar-refractivity contribution in [2.24, 2.45) is 56.2 Å². The summed E-state index contributed by atoms with van der Waals surface area (Å²) in [5.74, 6) is 0.435. The van der Waals surface area contributed by atoms with Crippen LogP contribution in [0, 0.1) is 56.2 Å². The van der Waals surface area contributed by atoms with Gasteiger partial charge in [-0.3, -0.25) is 29.1 Å². The van der Waals surface area contributed by atoms with Gasteiger partial charge in [0.05, 0.1) is 18.4 Å². The van der Waals surface area contributed by atoms with E-state index >= 15 is 0 Å². The number of hydrogen-bond acceptors (Lipinski definition) is 7. The number of Topliss-reactive ketones (excluding diaryl/α,β-unsaturated/α-hetero) is 1. The van der Waals surface area contributed by atoms with Crippen molar-refractivity contribution >= 4 is 23.6 Å². The van der Waals surface area contributed by atoms with E-state index in [1.165, 1.54) is 5.57 Å². The fourth-order valence-electron chi connectivity index (χ4n) is 13.5. The fourth-order valence-corrected chi connectivity index (χ4v) is 13.5. The number of likely N-dealkylation sites (N-methyl/N-ethyl adjacent to an activating group) is 1. The summed E-state index contributed by atoms with van der Waals surface area (Å²) in [5, 5.41) is 9.64. The van der Waals surface area contributed by atoms with E-state index in [-0.39, 0.29) is 51.4 Å². The molecule has 5 aliphatic rings. The number of esters is 1. The van der Waals surface area contributed by atoms with E-state index in [0.29, 0.717) is 43.0 Å². The summed E-state index contributed by atoms with van der Waals surface area (Å²) in [4.78, 5) is 60.4. The van der Waals surface area contributed by atoms with Crippen molar-refractivity contribution in [3.8, 4) is 0 Å². The Hall–Kier alpha value is -3.07. The first kappa shape index (κ1) is 42.5. The van der Waals surface area contributed by atoms with Gasteiger partial charge in [-0.25, -0.2) is 0 Å². The summed E-state index contributed by atoms with van der Waals surface area (Å²) < 4.78 is 6.19. The number of aromatic nitrogens is 1. The minimum absolute atomic E-state index is 0.0426. The molecule has 1 N–H and O–H groups in total. The van der Waals surface area contributed by atoms with E-state index in [1.807, 2.05) is 38.6 Å². The Labute approximate surface area is 336 Å². The molecule has 2 unspecified atom stereocenters. The number of carboxylic acid groups (broad SMARTS) is 1. The van der Waals surface area contributed by atoms with Crippen LogP contribution in [0.1, 0.15) is 139 Å². The van der Waals surface area contributed by atoms with Gasteiger partial charge in [-0.05, 0) is 141 Å². The maximum Gasteiger partial charge on any atom is 0.309 e. The summed E-state index contributed by atoms with van der Waals surface area (Å²) in [6.45, 7) is 21.6. The van der Waals surface area contributed by atoms with Crippen LogP contribution in [0.4, 0.5) is 0 Å². The molecule has 9 heteroatoms. The molecule has 5 aliphatic carbocycles. The number of aliphatic carboxylic acids is 1. The molecule has 0 saturated heterocycles. The van der Waals surface area contributed by atoms with Crippen molar-refractivity contribution in [1.29, 1.82) is 0 Å². The summed E-state index contributed by atoms with van der Waals surface area (Å²) in [5.41, 5.74) is 2.33.